The van der Waals surface area contributed by atoms with Crippen LogP contribution in [0.25, 0.3) is 0 Å². The van der Waals surface area contributed by atoms with Crippen LogP contribution in [-0.4, -0.2) is 33.6 Å². The fourth-order valence-corrected chi connectivity index (χ4v) is 11.1. The summed E-state index contributed by atoms with van der Waals surface area (Å²) in [5.41, 5.74) is 7.78. The lowest BCUT2D eigenvalue weighted by Gasteiger charge is -2.46. The maximum atomic E-state index is 11.5. The van der Waals surface area contributed by atoms with Crippen LogP contribution in [-0.2, 0) is 16.2 Å². The predicted molar refractivity (Wildman–Crippen MR) is 130 cm³/mol. The van der Waals surface area contributed by atoms with Crippen LogP contribution in [0.2, 0.25) is 0 Å². The summed E-state index contributed by atoms with van der Waals surface area (Å²) in [7, 11) is 0. The van der Waals surface area contributed by atoms with Gasteiger partial charge < -0.3 is 15.3 Å². The van der Waals surface area contributed by atoms with E-state index < -0.39 is 0 Å². The molecule has 3 fully saturated rings. The fraction of sp³-hybridized carbons (Fsp3) is 0.800. The zero-order valence-electron chi connectivity index (χ0n) is 21.9. The van der Waals surface area contributed by atoms with Gasteiger partial charge in [0.05, 0.1) is 18.3 Å². The normalized spacial score (nSPS) is 52.4. The van der Waals surface area contributed by atoms with Gasteiger partial charge in [0.1, 0.15) is 0 Å². The van der Waals surface area contributed by atoms with Gasteiger partial charge in [0, 0.05) is 16.2 Å². The number of rotatable bonds is 0. The smallest absolute Gasteiger partial charge is 0.0645 e. The van der Waals surface area contributed by atoms with E-state index in [2.05, 4.69) is 62.3 Å². The molecule has 180 valence electrons. The number of hydrogen-bond acceptors (Lipinski definition) is 3. The number of aliphatic hydroxyl groups excluding tert-OH is 3. The zero-order valence-corrected chi connectivity index (χ0v) is 21.9. The molecule has 6 bridgehead atoms. The van der Waals surface area contributed by atoms with Crippen molar-refractivity contribution in [1.82, 2.24) is 0 Å². The van der Waals surface area contributed by atoms with Crippen LogP contribution >= 0.6 is 0 Å². The van der Waals surface area contributed by atoms with Gasteiger partial charge in [0.15, 0.2) is 0 Å². The molecule has 0 aliphatic heterocycles. The summed E-state index contributed by atoms with van der Waals surface area (Å²) in [5, 5.41) is 34.5. The summed E-state index contributed by atoms with van der Waals surface area (Å²) in [5.74, 6) is 1.00. The largest absolute Gasteiger partial charge is 0.392 e. The third-order valence-corrected chi connectivity index (χ3v) is 14.2. The molecule has 33 heavy (non-hydrogen) atoms. The van der Waals surface area contributed by atoms with E-state index in [-0.39, 0.29) is 50.8 Å². The topological polar surface area (TPSA) is 60.7 Å². The lowest BCUT2D eigenvalue weighted by atomic mass is 9.59. The first-order chi connectivity index (χ1) is 15.0. The maximum Gasteiger partial charge on any atom is 0.0645 e. The van der Waals surface area contributed by atoms with Gasteiger partial charge in [-0.05, 0) is 86.6 Å². The Labute approximate surface area is 199 Å². The van der Waals surface area contributed by atoms with Gasteiger partial charge in [-0.1, -0.05) is 62.3 Å². The van der Waals surface area contributed by atoms with E-state index in [4.69, 9.17) is 0 Å². The van der Waals surface area contributed by atoms with Crippen molar-refractivity contribution < 1.29 is 15.3 Å². The van der Waals surface area contributed by atoms with Crippen molar-refractivity contribution in [1.29, 1.82) is 0 Å². The first-order valence-corrected chi connectivity index (χ1v) is 13.3. The van der Waals surface area contributed by atoms with Gasteiger partial charge in [-0.2, -0.15) is 0 Å². The minimum Gasteiger partial charge on any atom is -0.392 e. The zero-order chi connectivity index (χ0) is 24.0. The highest BCUT2D eigenvalue weighted by Crippen LogP contribution is 2.81. The average molecular weight is 451 g/mol. The predicted octanol–water partition coefficient (Wildman–Crippen LogP) is 5.12. The molecule has 0 amide bonds. The van der Waals surface area contributed by atoms with E-state index in [0.29, 0.717) is 17.8 Å². The van der Waals surface area contributed by atoms with Gasteiger partial charge in [0.25, 0.3) is 0 Å². The molecule has 1 aromatic rings. The number of aliphatic hydroxyl groups is 3. The molecule has 1 aromatic carbocycles. The van der Waals surface area contributed by atoms with Crippen LogP contribution in [0, 0.1) is 16.2 Å². The standard InChI is InChI=1S/C30H42O3/c1-25(2)13-10-16(31)28(25,7)22-19(13)20-14-11-17(32)29(8,26(14,3)4)23(20)24-21(22)15-12-18(33)30(24,9)27(15,5)6/h13-18,31-33H,10-12H2,1-9H3/t13-,14+,15-,16-,17+,18-,28+,29-,30+/m0/s1. The molecule has 6 aliphatic rings. The van der Waals surface area contributed by atoms with Crippen molar-refractivity contribution in [3.63, 3.8) is 0 Å². The molecule has 0 saturated heterocycles. The third-order valence-electron chi connectivity index (χ3n) is 14.2. The Morgan fingerprint density at radius 3 is 1.12 bits per heavy atom. The molecule has 3 saturated carbocycles. The number of hydrogen-bond donors (Lipinski definition) is 3. The van der Waals surface area contributed by atoms with E-state index in [9.17, 15) is 15.3 Å². The van der Waals surface area contributed by atoms with Crippen LogP contribution in [0.5, 0.6) is 0 Å². The molecule has 3 heteroatoms. The van der Waals surface area contributed by atoms with E-state index in [1.54, 1.807) is 5.56 Å². The summed E-state index contributed by atoms with van der Waals surface area (Å²) >= 11 is 0. The minimum atomic E-state index is -0.362. The van der Waals surface area contributed by atoms with Crippen molar-refractivity contribution in [2.45, 2.75) is 134 Å². The van der Waals surface area contributed by atoms with Gasteiger partial charge in [-0.25, -0.2) is 0 Å². The van der Waals surface area contributed by atoms with Crippen LogP contribution in [0.1, 0.15) is 133 Å². The Balaban J connectivity index is 1.71. The highest BCUT2D eigenvalue weighted by molar-refractivity contribution is 5.74. The summed E-state index contributed by atoms with van der Waals surface area (Å²) < 4.78 is 0. The molecule has 3 N–H and O–H groups in total. The lowest BCUT2D eigenvalue weighted by molar-refractivity contribution is 0.0581. The van der Waals surface area contributed by atoms with E-state index in [1.165, 1.54) is 27.8 Å². The second-order valence-electron chi connectivity index (χ2n) is 15.1. The molecule has 0 spiro atoms. The third kappa shape index (κ3) is 1.60. The van der Waals surface area contributed by atoms with Crippen molar-refractivity contribution in [2.75, 3.05) is 0 Å². The van der Waals surface area contributed by atoms with E-state index in [0.717, 1.165) is 19.3 Å². The summed E-state index contributed by atoms with van der Waals surface area (Å²) in [6, 6.07) is 0. The van der Waals surface area contributed by atoms with Gasteiger partial charge in [-0.15, -0.1) is 0 Å². The van der Waals surface area contributed by atoms with Crippen molar-refractivity contribution in [2.24, 2.45) is 16.2 Å². The summed E-state index contributed by atoms with van der Waals surface area (Å²) in [4.78, 5) is 0. The molecule has 0 aromatic heterocycles. The molecule has 3 nitrogen and oxygen atoms in total. The van der Waals surface area contributed by atoms with Crippen molar-refractivity contribution in [3.8, 4) is 0 Å². The molecule has 0 radical (unpaired) electrons. The highest BCUT2D eigenvalue weighted by atomic mass is 16.3. The molecule has 7 rings (SSSR count). The monoisotopic (exact) mass is 450 g/mol. The first-order valence-electron chi connectivity index (χ1n) is 13.3. The van der Waals surface area contributed by atoms with Crippen molar-refractivity contribution >= 4 is 0 Å². The molecule has 0 heterocycles. The van der Waals surface area contributed by atoms with Crippen LogP contribution in [0.4, 0.5) is 0 Å². The number of benzene rings is 1. The van der Waals surface area contributed by atoms with Gasteiger partial charge in [-0.3, -0.25) is 0 Å². The van der Waals surface area contributed by atoms with E-state index in [1.807, 2.05) is 0 Å². The molecule has 0 unspecified atom stereocenters. The number of fused-ring (bicyclic) bond motifs is 18. The SMILES string of the molecule is CC1(C)[C@H]2C[C@H](O)[C@]1(C)c1c2c2c(c3c1[C@@H]1C[C@H](O)[C@@]3(C)C1(C)C)[C@]1(C)[C@H](O)C[C@H]2C1(C)C. The Morgan fingerprint density at radius 2 is 0.727 bits per heavy atom. The van der Waals surface area contributed by atoms with Crippen LogP contribution in [0.15, 0.2) is 0 Å². The Morgan fingerprint density at radius 1 is 0.455 bits per heavy atom. The Hall–Kier alpha value is -0.900. The molecular weight excluding hydrogens is 408 g/mol. The molecule has 6 aliphatic carbocycles. The van der Waals surface area contributed by atoms with E-state index >= 15 is 0 Å². The average Bonchev–Trinajstić information content (AvgIpc) is 3.28. The Bertz CT molecular complexity index is 1160. The highest BCUT2D eigenvalue weighted by Gasteiger charge is 2.76. The summed E-state index contributed by atoms with van der Waals surface area (Å²) in [6.45, 7) is 21.2. The van der Waals surface area contributed by atoms with Crippen molar-refractivity contribution in [3.05, 3.63) is 33.4 Å². The first kappa shape index (κ1) is 21.4. The Kier molecular flexibility index (Phi) is 3.33. The second kappa shape index (κ2) is 5.13. The van der Waals surface area contributed by atoms with Crippen LogP contribution < -0.4 is 0 Å². The van der Waals surface area contributed by atoms with Gasteiger partial charge >= 0.3 is 0 Å². The maximum absolute atomic E-state index is 11.5. The van der Waals surface area contributed by atoms with Gasteiger partial charge in [0.2, 0.25) is 0 Å². The lowest BCUT2D eigenvalue weighted by Crippen LogP contribution is -2.47. The quantitative estimate of drug-likeness (QED) is 0.514. The minimum absolute atomic E-state index is 0.00532. The summed E-state index contributed by atoms with van der Waals surface area (Å²) in [6.07, 6.45) is 1.47. The molecule has 9 atom stereocenters. The fourth-order valence-electron chi connectivity index (χ4n) is 11.1. The van der Waals surface area contributed by atoms with Crippen LogP contribution in [0.3, 0.4) is 0 Å². The second-order valence-corrected chi connectivity index (χ2v) is 15.1. The molecular formula is C30H42O3.